The molecule has 0 spiro atoms. The van der Waals surface area contributed by atoms with Crippen molar-refractivity contribution in [1.29, 1.82) is 0 Å². The van der Waals surface area contributed by atoms with E-state index < -0.39 is 12.0 Å². The average molecular weight is 403 g/mol. The molecule has 2 heterocycles. The number of hydrogen-bond acceptors (Lipinski definition) is 6. The van der Waals surface area contributed by atoms with Gasteiger partial charge in [0.1, 0.15) is 6.04 Å². The molecule has 3 atom stereocenters. The summed E-state index contributed by atoms with van der Waals surface area (Å²) in [5.41, 5.74) is 1.40. The molecular formula is C20H29N5O4. The zero-order valence-electron chi connectivity index (χ0n) is 17.4. The fourth-order valence-corrected chi connectivity index (χ4v) is 5.13. The summed E-state index contributed by atoms with van der Waals surface area (Å²) in [4.78, 5) is 48.6. The van der Waals surface area contributed by atoms with Gasteiger partial charge in [0, 0.05) is 12.5 Å². The smallest absolute Gasteiger partial charge is 0.329 e. The molecule has 3 rings (SSSR count). The van der Waals surface area contributed by atoms with E-state index in [4.69, 9.17) is 4.74 Å². The number of esters is 1. The van der Waals surface area contributed by atoms with Crippen molar-refractivity contribution in [1.82, 2.24) is 20.2 Å². The Morgan fingerprint density at radius 1 is 1.41 bits per heavy atom. The maximum atomic E-state index is 13.2. The molecule has 1 aromatic rings. The lowest BCUT2D eigenvalue weighted by Crippen LogP contribution is -2.56. The first-order chi connectivity index (χ1) is 13.7. The van der Waals surface area contributed by atoms with E-state index in [0.717, 1.165) is 24.2 Å². The van der Waals surface area contributed by atoms with E-state index in [2.05, 4.69) is 41.0 Å². The minimum Gasteiger partial charge on any atom is -0.467 e. The number of nitrogens with zero attached hydrogens (tertiary/aromatic N) is 3. The number of aliphatic imine (C=N–C) groups is 1. The number of urea groups is 1. The summed E-state index contributed by atoms with van der Waals surface area (Å²) in [6, 6.07) is -1.09. The molecule has 9 heteroatoms. The van der Waals surface area contributed by atoms with Gasteiger partial charge in [-0.3, -0.25) is 0 Å². The predicted octanol–water partition coefficient (Wildman–Crippen LogP) is 1.94. The molecule has 2 aliphatic rings. The summed E-state index contributed by atoms with van der Waals surface area (Å²) in [6.45, 7) is 7.05. The molecular weight excluding hydrogens is 374 g/mol. The van der Waals surface area contributed by atoms with Gasteiger partial charge in [-0.05, 0) is 30.1 Å². The lowest BCUT2D eigenvalue weighted by atomic mass is 9.62. The first kappa shape index (κ1) is 21.0. The van der Waals surface area contributed by atoms with E-state index in [1.807, 2.05) is 0 Å². The molecule has 1 fully saturated rings. The number of aromatic nitrogens is 2. The lowest BCUT2D eigenvalue weighted by molar-refractivity contribution is -0.146. The van der Waals surface area contributed by atoms with Crippen molar-refractivity contribution in [3.63, 3.8) is 0 Å². The van der Waals surface area contributed by atoms with Gasteiger partial charge >= 0.3 is 12.0 Å². The fraction of sp³-hybridized carbons (Fsp3) is 0.700. The van der Waals surface area contributed by atoms with Gasteiger partial charge < -0.3 is 19.9 Å². The van der Waals surface area contributed by atoms with Gasteiger partial charge in [0.05, 0.1) is 37.9 Å². The van der Waals surface area contributed by atoms with Crippen molar-refractivity contribution >= 4 is 18.1 Å². The number of H-pyrrole nitrogens is 1. The van der Waals surface area contributed by atoms with Gasteiger partial charge in [0.25, 0.3) is 0 Å². The highest BCUT2D eigenvalue weighted by Gasteiger charge is 2.43. The Labute approximate surface area is 170 Å². The van der Waals surface area contributed by atoms with Crippen molar-refractivity contribution in [3.05, 3.63) is 17.7 Å². The largest absolute Gasteiger partial charge is 0.467 e. The van der Waals surface area contributed by atoms with Crippen LogP contribution in [0.15, 0.2) is 11.3 Å². The number of carbonyl (C=O) groups is 2. The summed E-state index contributed by atoms with van der Waals surface area (Å²) < 4.78 is 4.91. The van der Waals surface area contributed by atoms with E-state index in [-0.39, 0.29) is 29.4 Å². The molecule has 0 saturated heterocycles. The topological polar surface area (TPSA) is 117 Å². The van der Waals surface area contributed by atoms with Gasteiger partial charge in [-0.15, -0.1) is 0 Å². The summed E-state index contributed by atoms with van der Waals surface area (Å²) in [6.07, 6.45) is 5.94. The number of nitrogens with one attached hydrogen (secondary N) is 2. The number of rotatable bonds is 4. The Balaban J connectivity index is 1.76. The predicted molar refractivity (Wildman–Crippen MR) is 105 cm³/mol. The van der Waals surface area contributed by atoms with E-state index >= 15 is 0 Å². The molecule has 9 nitrogen and oxygen atoms in total. The summed E-state index contributed by atoms with van der Waals surface area (Å²) in [7, 11) is 1.32. The van der Waals surface area contributed by atoms with Crippen molar-refractivity contribution in [3.8, 4) is 0 Å². The number of isocyanates is 1. The summed E-state index contributed by atoms with van der Waals surface area (Å²) in [5, 5.41) is 3.11. The Kier molecular flexibility index (Phi) is 5.80. The summed E-state index contributed by atoms with van der Waals surface area (Å²) in [5.74, 6) is -0.456. The SMILES string of the molecule is COC(=O)C1Cc2nc[nH]c2CN1C(=O)NC1CC(C)(C)CC(C)(CN=C=O)C1. The Hall–Kier alpha value is -2.67. The van der Waals surface area contributed by atoms with E-state index in [0.29, 0.717) is 19.4 Å². The van der Waals surface area contributed by atoms with Crippen LogP contribution in [0.25, 0.3) is 0 Å². The third kappa shape index (κ3) is 4.67. The Bertz CT molecular complexity index is 829. The maximum Gasteiger partial charge on any atom is 0.329 e. The molecule has 0 radical (unpaired) electrons. The molecule has 0 aromatic carbocycles. The molecule has 1 aliphatic carbocycles. The van der Waals surface area contributed by atoms with Crippen molar-refractivity contribution in [2.75, 3.05) is 13.7 Å². The molecule has 1 aromatic heterocycles. The number of methoxy groups -OCH3 is 1. The van der Waals surface area contributed by atoms with Crippen molar-refractivity contribution < 1.29 is 19.1 Å². The van der Waals surface area contributed by atoms with Crippen LogP contribution in [-0.2, 0) is 27.3 Å². The number of ether oxygens (including phenoxy) is 1. The zero-order chi connectivity index (χ0) is 21.2. The first-order valence-corrected chi connectivity index (χ1v) is 9.86. The maximum absolute atomic E-state index is 13.2. The van der Waals surface area contributed by atoms with Crippen LogP contribution < -0.4 is 5.32 Å². The van der Waals surface area contributed by atoms with Gasteiger partial charge in [0.2, 0.25) is 6.08 Å². The van der Waals surface area contributed by atoms with Crippen LogP contribution in [0.5, 0.6) is 0 Å². The molecule has 1 aliphatic heterocycles. The number of fused-ring (bicyclic) bond motifs is 1. The van der Waals surface area contributed by atoms with E-state index in [9.17, 15) is 14.4 Å². The quantitative estimate of drug-likeness (QED) is 0.453. The van der Waals surface area contributed by atoms with Gasteiger partial charge in [-0.1, -0.05) is 20.8 Å². The number of aromatic amines is 1. The normalized spacial score (nSPS) is 28.1. The first-order valence-electron chi connectivity index (χ1n) is 9.86. The molecule has 1 saturated carbocycles. The number of amides is 2. The standard InChI is InChI=1S/C20H29N5O4/c1-19(2)6-13(7-20(3,9-19)10-21-12-26)24-18(28)25-8-15-14(22-11-23-15)5-16(25)17(27)29-4/h11,13,16H,5-10H2,1-4H3,(H,22,23)(H,24,28). The van der Waals surface area contributed by atoms with Crippen molar-refractivity contribution in [2.45, 2.75) is 65.1 Å². The van der Waals surface area contributed by atoms with E-state index in [1.165, 1.54) is 12.0 Å². The third-order valence-electron chi connectivity index (χ3n) is 5.93. The Morgan fingerprint density at radius 3 is 2.86 bits per heavy atom. The van der Waals surface area contributed by atoms with Crippen LogP contribution in [0.1, 0.15) is 51.4 Å². The molecule has 0 bridgehead atoms. The summed E-state index contributed by atoms with van der Waals surface area (Å²) >= 11 is 0. The molecule has 158 valence electrons. The highest BCUT2D eigenvalue weighted by atomic mass is 16.5. The average Bonchev–Trinajstić information content (AvgIpc) is 3.10. The molecule has 29 heavy (non-hydrogen) atoms. The monoisotopic (exact) mass is 403 g/mol. The lowest BCUT2D eigenvalue weighted by Gasteiger charge is -2.46. The second-order valence-corrected chi connectivity index (χ2v) is 9.31. The van der Waals surface area contributed by atoms with Crippen molar-refractivity contribution in [2.24, 2.45) is 15.8 Å². The molecule has 3 unspecified atom stereocenters. The van der Waals surface area contributed by atoms with Gasteiger partial charge in [-0.25, -0.2) is 24.4 Å². The minimum atomic E-state index is -0.710. The number of hydrogen-bond donors (Lipinski definition) is 2. The number of imidazole rings is 1. The van der Waals surface area contributed by atoms with Crippen LogP contribution in [-0.4, -0.2) is 58.7 Å². The van der Waals surface area contributed by atoms with Crippen LogP contribution >= 0.6 is 0 Å². The highest BCUT2D eigenvalue weighted by Crippen LogP contribution is 2.46. The van der Waals surface area contributed by atoms with Crippen LogP contribution in [0.2, 0.25) is 0 Å². The van der Waals surface area contributed by atoms with Crippen LogP contribution in [0.3, 0.4) is 0 Å². The second kappa shape index (κ2) is 7.99. The fourth-order valence-electron chi connectivity index (χ4n) is 5.13. The van der Waals surface area contributed by atoms with Crippen LogP contribution in [0, 0.1) is 10.8 Å². The van der Waals surface area contributed by atoms with Crippen LogP contribution in [0.4, 0.5) is 4.79 Å². The van der Waals surface area contributed by atoms with E-state index in [1.54, 1.807) is 12.4 Å². The Morgan fingerprint density at radius 2 is 2.17 bits per heavy atom. The van der Waals surface area contributed by atoms with Gasteiger partial charge in [0.15, 0.2) is 0 Å². The minimum absolute atomic E-state index is 0.0104. The second-order valence-electron chi connectivity index (χ2n) is 9.31. The third-order valence-corrected chi connectivity index (χ3v) is 5.93. The molecule has 2 N–H and O–H groups in total. The van der Waals surface area contributed by atoms with Gasteiger partial charge in [-0.2, -0.15) is 0 Å². The molecule has 2 amide bonds. The highest BCUT2D eigenvalue weighted by molar-refractivity contribution is 5.84. The number of carbonyl (C=O) groups excluding carboxylic acids is 3. The zero-order valence-corrected chi connectivity index (χ0v) is 17.4.